The van der Waals surface area contributed by atoms with Crippen LogP contribution in [0.1, 0.15) is 31.7 Å². The van der Waals surface area contributed by atoms with Gasteiger partial charge in [-0.1, -0.05) is 12.1 Å². The zero-order chi connectivity index (χ0) is 12.4. The maximum atomic E-state index is 5.80. The van der Waals surface area contributed by atoms with Crippen LogP contribution in [0.4, 0.5) is 0 Å². The summed E-state index contributed by atoms with van der Waals surface area (Å²) in [7, 11) is 0. The SMILES string of the molecule is CCN1CCCC2(CC(c3cccnc3)=NO2)C1. The van der Waals surface area contributed by atoms with Crippen LogP contribution in [0.15, 0.2) is 29.7 Å². The van der Waals surface area contributed by atoms with Crippen molar-refractivity contribution in [2.24, 2.45) is 5.16 Å². The van der Waals surface area contributed by atoms with Gasteiger partial charge in [0, 0.05) is 30.9 Å². The van der Waals surface area contributed by atoms with Gasteiger partial charge < -0.3 is 4.84 Å². The number of hydrogen-bond donors (Lipinski definition) is 0. The van der Waals surface area contributed by atoms with Gasteiger partial charge in [-0.15, -0.1) is 0 Å². The van der Waals surface area contributed by atoms with Gasteiger partial charge in [-0.05, 0) is 38.1 Å². The first kappa shape index (κ1) is 11.7. The zero-order valence-electron chi connectivity index (χ0n) is 10.8. The summed E-state index contributed by atoms with van der Waals surface area (Å²) in [5, 5.41) is 4.30. The summed E-state index contributed by atoms with van der Waals surface area (Å²) in [4.78, 5) is 12.4. The summed E-state index contributed by atoms with van der Waals surface area (Å²) in [5.74, 6) is 0. The largest absolute Gasteiger partial charge is 0.387 e. The van der Waals surface area contributed by atoms with Crippen molar-refractivity contribution in [2.45, 2.75) is 31.8 Å². The molecule has 0 aliphatic carbocycles. The van der Waals surface area contributed by atoms with Crippen LogP contribution in [0, 0.1) is 0 Å². The van der Waals surface area contributed by atoms with Gasteiger partial charge in [0.1, 0.15) is 0 Å². The number of hydrogen-bond acceptors (Lipinski definition) is 4. The number of pyridine rings is 1. The molecule has 0 N–H and O–H groups in total. The molecule has 18 heavy (non-hydrogen) atoms. The standard InChI is InChI=1S/C14H19N3O/c1-2-17-8-4-6-14(11-17)9-13(16-18-14)12-5-3-7-15-10-12/h3,5,7,10H,2,4,6,8-9,11H2,1H3. The predicted octanol–water partition coefficient (Wildman–Crippen LogP) is 2.06. The fraction of sp³-hybridized carbons (Fsp3) is 0.571. The minimum Gasteiger partial charge on any atom is -0.387 e. The Morgan fingerprint density at radius 3 is 3.22 bits per heavy atom. The smallest absolute Gasteiger partial charge is 0.156 e. The number of piperidine rings is 1. The van der Waals surface area contributed by atoms with E-state index in [1.807, 2.05) is 12.3 Å². The molecule has 4 heteroatoms. The number of likely N-dealkylation sites (tertiary alicyclic amines) is 1. The molecule has 4 nitrogen and oxygen atoms in total. The molecule has 1 unspecified atom stereocenters. The number of aromatic nitrogens is 1. The van der Waals surface area contributed by atoms with Crippen LogP contribution in [0.2, 0.25) is 0 Å². The Kier molecular flexibility index (Phi) is 3.04. The second-order valence-electron chi connectivity index (χ2n) is 5.20. The highest BCUT2D eigenvalue weighted by Gasteiger charge is 2.42. The van der Waals surface area contributed by atoms with E-state index in [0.29, 0.717) is 0 Å². The van der Waals surface area contributed by atoms with E-state index in [0.717, 1.165) is 37.2 Å². The maximum Gasteiger partial charge on any atom is 0.156 e. The molecule has 1 saturated heterocycles. The van der Waals surface area contributed by atoms with Crippen molar-refractivity contribution in [1.82, 2.24) is 9.88 Å². The molecule has 2 aliphatic rings. The molecule has 0 aromatic carbocycles. The Labute approximate surface area is 108 Å². The first-order valence-corrected chi connectivity index (χ1v) is 6.69. The van der Waals surface area contributed by atoms with Gasteiger partial charge in [0.05, 0.1) is 5.71 Å². The molecule has 3 heterocycles. The molecular formula is C14H19N3O. The first-order chi connectivity index (χ1) is 8.81. The lowest BCUT2D eigenvalue weighted by molar-refractivity contribution is -0.0674. The lowest BCUT2D eigenvalue weighted by Gasteiger charge is -2.37. The second-order valence-corrected chi connectivity index (χ2v) is 5.20. The Morgan fingerprint density at radius 1 is 1.50 bits per heavy atom. The van der Waals surface area contributed by atoms with E-state index >= 15 is 0 Å². The Morgan fingerprint density at radius 2 is 2.44 bits per heavy atom. The third-order valence-corrected chi connectivity index (χ3v) is 3.90. The Hall–Kier alpha value is -1.42. The lowest BCUT2D eigenvalue weighted by atomic mass is 9.87. The quantitative estimate of drug-likeness (QED) is 0.800. The van der Waals surface area contributed by atoms with E-state index in [1.54, 1.807) is 6.20 Å². The fourth-order valence-corrected chi connectivity index (χ4v) is 2.89. The molecule has 96 valence electrons. The molecule has 0 saturated carbocycles. The zero-order valence-corrected chi connectivity index (χ0v) is 10.8. The molecule has 1 aromatic heterocycles. The van der Waals surface area contributed by atoms with Gasteiger partial charge >= 0.3 is 0 Å². The third-order valence-electron chi connectivity index (χ3n) is 3.90. The van der Waals surface area contributed by atoms with Gasteiger partial charge in [-0.3, -0.25) is 9.88 Å². The average molecular weight is 245 g/mol. The molecular weight excluding hydrogens is 226 g/mol. The van der Waals surface area contributed by atoms with Crippen molar-refractivity contribution in [2.75, 3.05) is 19.6 Å². The maximum absolute atomic E-state index is 5.80. The summed E-state index contributed by atoms with van der Waals surface area (Å²) >= 11 is 0. The van der Waals surface area contributed by atoms with Gasteiger partial charge in [-0.25, -0.2) is 0 Å². The van der Waals surface area contributed by atoms with Crippen LogP contribution < -0.4 is 0 Å². The normalized spacial score (nSPS) is 28.2. The molecule has 1 aromatic rings. The van der Waals surface area contributed by atoms with E-state index < -0.39 is 0 Å². The van der Waals surface area contributed by atoms with Crippen molar-refractivity contribution in [3.05, 3.63) is 30.1 Å². The lowest BCUT2D eigenvalue weighted by Crippen LogP contribution is -2.48. The summed E-state index contributed by atoms with van der Waals surface area (Å²) < 4.78 is 0. The van der Waals surface area contributed by atoms with E-state index in [1.165, 1.54) is 13.0 Å². The monoisotopic (exact) mass is 245 g/mol. The van der Waals surface area contributed by atoms with Crippen LogP contribution in [0.5, 0.6) is 0 Å². The highest BCUT2D eigenvalue weighted by molar-refractivity contribution is 6.01. The van der Waals surface area contributed by atoms with Crippen molar-refractivity contribution in [3.63, 3.8) is 0 Å². The minimum atomic E-state index is -0.0839. The van der Waals surface area contributed by atoms with E-state index in [4.69, 9.17) is 4.84 Å². The highest BCUT2D eigenvalue weighted by Crippen LogP contribution is 2.34. The van der Waals surface area contributed by atoms with Crippen LogP contribution >= 0.6 is 0 Å². The van der Waals surface area contributed by atoms with Gasteiger partial charge in [0.25, 0.3) is 0 Å². The van der Waals surface area contributed by atoms with Crippen LogP contribution in [-0.2, 0) is 4.84 Å². The van der Waals surface area contributed by atoms with Crippen LogP contribution in [0.3, 0.4) is 0 Å². The number of oxime groups is 1. The summed E-state index contributed by atoms with van der Waals surface area (Å²) in [6.45, 7) is 5.48. The summed E-state index contributed by atoms with van der Waals surface area (Å²) in [5.41, 5.74) is 2.04. The van der Waals surface area contributed by atoms with Crippen LogP contribution in [-0.4, -0.2) is 40.8 Å². The van der Waals surface area contributed by atoms with Gasteiger partial charge in [-0.2, -0.15) is 0 Å². The number of rotatable bonds is 2. The Bertz CT molecular complexity index is 446. The second kappa shape index (κ2) is 4.69. The van der Waals surface area contributed by atoms with Crippen LogP contribution in [0.25, 0.3) is 0 Å². The van der Waals surface area contributed by atoms with Crippen molar-refractivity contribution in [3.8, 4) is 0 Å². The number of nitrogens with zero attached hydrogens (tertiary/aromatic N) is 3. The molecule has 1 spiro atoms. The minimum absolute atomic E-state index is 0.0839. The first-order valence-electron chi connectivity index (χ1n) is 6.69. The predicted molar refractivity (Wildman–Crippen MR) is 70.6 cm³/mol. The molecule has 0 amide bonds. The van der Waals surface area contributed by atoms with E-state index in [2.05, 4.69) is 28.0 Å². The van der Waals surface area contributed by atoms with Gasteiger partial charge in [0.15, 0.2) is 5.60 Å². The number of likely N-dealkylation sites (N-methyl/N-ethyl adjacent to an activating group) is 1. The molecule has 1 atom stereocenters. The van der Waals surface area contributed by atoms with E-state index in [-0.39, 0.29) is 5.60 Å². The average Bonchev–Trinajstić information content (AvgIpc) is 2.83. The molecule has 2 aliphatic heterocycles. The van der Waals surface area contributed by atoms with Crippen molar-refractivity contribution in [1.29, 1.82) is 0 Å². The third kappa shape index (κ3) is 2.12. The highest BCUT2D eigenvalue weighted by atomic mass is 16.7. The molecule has 1 fully saturated rings. The van der Waals surface area contributed by atoms with Gasteiger partial charge in [0.2, 0.25) is 0 Å². The van der Waals surface area contributed by atoms with Crippen molar-refractivity contribution >= 4 is 5.71 Å². The molecule has 0 bridgehead atoms. The fourth-order valence-electron chi connectivity index (χ4n) is 2.89. The molecule has 0 radical (unpaired) electrons. The summed E-state index contributed by atoms with van der Waals surface area (Å²) in [6, 6.07) is 4.00. The van der Waals surface area contributed by atoms with Crippen molar-refractivity contribution < 1.29 is 4.84 Å². The Balaban J connectivity index is 1.73. The summed E-state index contributed by atoms with van der Waals surface area (Å²) in [6.07, 6.45) is 6.87. The topological polar surface area (TPSA) is 37.7 Å². The van der Waals surface area contributed by atoms with E-state index in [9.17, 15) is 0 Å². The molecule has 3 rings (SSSR count).